The minimum Gasteiger partial charge on any atom is -0.311 e. The zero-order valence-corrected chi connectivity index (χ0v) is 38.7. The van der Waals surface area contributed by atoms with Crippen LogP contribution in [0, 0.1) is 0 Å². The second-order valence-electron chi connectivity index (χ2n) is 18.2. The first-order valence-corrected chi connectivity index (χ1v) is 24.3. The van der Waals surface area contributed by atoms with Crippen LogP contribution in [0.5, 0.6) is 0 Å². The molecule has 0 aliphatic rings. The van der Waals surface area contributed by atoms with Crippen LogP contribution in [-0.4, -0.2) is 13.7 Å². The number of anilines is 6. The third-order valence-electron chi connectivity index (χ3n) is 14.2. The second-order valence-corrected chi connectivity index (χ2v) is 18.2. The van der Waals surface area contributed by atoms with Crippen molar-refractivity contribution in [3.63, 3.8) is 0 Å². The monoisotopic (exact) mass is 907 g/mol. The Kier molecular flexibility index (Phi) is 9.46. The minimum atomic E-state index is 1.05. The molecule has 0 saturated heterocycles. The van der Waals surface area contributed by atoms with Crippen molar-refractivity contribution in [2.24, 2.45) is 0 Å². The number of rotatable bonds is 9. The molecule has 0 unspecified atom stereocenters. The molecule has 11 aromatic carbocycles. The average molecular weight is 908 g/mol. The topological polar surface area (TPSA) is 21.3 Å². The Balaban J connectivity index is 0.869. The summed E-state index contributed by atoms with van der Waals surface area (Å²) in [5, 5.41) is 7.51. The standard InChI is InChI=1S/C66H45N5/c1-2-16-46(17-3-1)67(48-34-40-52(41-35-48)69-61-24-10-4-18-55(61)56-19-5-11-25-62(56)69)47-30-32-49(33-31-47)68(50-36-42-53(43-37-50)70-63-26-12-6-20-57(63)58-21-7-13-27-64(58)70)51-38-44-54(45-39-51)71-65-28-14-8-22-59(65)60-23-9-15-29-66(60)71/h1-45H. The van der Waals surface area contributed by atoms with E-state index >= 15 is 0 Å². The Hall–Kier alpha value is -9.58. The maximum absolute atomic E-state index is 2.38. The van der Waals surface area contributed by atoms with Crippen molar-refractivity contribution < 1.29 is 0 Å². The lowest BCUT2D eigenvalue weighted by Crippen LogP contribution is -2.12. The highest BCUT2D eigenvalue weighted by Crippen LogP contribution is 2.42. The molecule has 0 N–H and O–H groups in total. The number of hydrogen-bond donors (Lipinski definition) is 0. The van der Waals surface area contributed by atoms with E-state index in [1.54, 1.807) is 0 Å². The maximum Gasteiger partial charge on any atom is 0.0541 e. The number of benzene rings is 11. The molecule has 3 heterocycles. The van der Waals surface area contributed by atoms with Crippen LogP contribution in [0.2, 0.25) is 0 Å². The van der Waals surface area contributed by atoms with Gasteiger partial charge in [0.25, 0.3) is 0 Å². The molecule has 3 aromatic heterocycles. The summed E-state index contributed by atoms with van der Waals surface area (Å²) in [4.78, 5) is 4.70. The van der Waals surface area contributed by atoms with Crippen molar-refractivity contribution in [3.8, 4) is 17.1 Å². The summed E-state index contributed by atoms with van der Waals surface area (Å²) < 4.78 is 7.12. The van der Waals surface area contributed by atoms with Crippen molar-refractivity contribution in [1.29, 1.82) is 0 Å². The lowest BCUT2D eigenvalue weighted by molar-refractivity contribution is 1.16. The van der Waals surface area contributed by atoms with E-state index in [1.807, 2.05) is 0 Å². The quantitative estimate of drug-likeness (QED) is 0.144. The molecular formula is C66H45N5. The van der Waals surface area contributed by atoms with Gasteiger partial charge in [0.2, 0.25) is 0 Å². The Bertz CT molecular complexity index is 3940. The van der Waals surface area contributed by atoms with E-state index in [2.05, 4.69) is 296 Å². The summed E-state index contributed by atoms with van der Waals surface area (Å²) in [5.41, 5.74) is 16.9. The van der Waals surface area contributed by atoms with E-state index in [4.69, 9.17) is 0 Å². The fourth-order valence-corrected chi connectivity index (χ4v) is 11.1. The van der Waals surface area contributed by atoms with Crippen LogP contribution in [0.4, 0.5) is 34.1 Å². The maximum atomic E-state index is 2.38. The highest BCUT2D eigenvalue weighted by atomic mass is 15.2. The van der Waals surface area contributed by atoms with Crippen LogP contribution in [0.25, 0.3) is 82.5 Å². The third kappa shape index (κ3) is 6.63. The largest absolute Gasteiger partial charge is 0.311 e. The lowest BCUT2D eigenvalue weighted by Gasteiger charge is -2.29. The van der Waals surface area contributed by atoms with Gasteiger partial charge < -0.3 is 23.5 Å². The molecule has 0 bridgehead atoms. The van der Waals surface area contributed by atoms with E-state index < -0.39 is 0 Å². The zero-order valence-electron chi connectivity index (χ0n) is 38.7. The van der Waals surface area contributed by atoms with Crippen molar-refractivity contribution in [2.75, 3.05) is 9.80 Å². The number of aromatic nitrogens is 3. The Morgan fingerprint density at radius 1 is 0.169 bits per heavy atom. The Morgan fingerprint density at radius 3 is 0.592 bits per heavy atom. The smallest absolute Gasteiger partial charge is 0.0541 e. The fourth-order valence-electron chi connectivity index (χ4n) is 11.1. The molecule has 0 atom stereocenters. The summed E-state index contributed by atoms with van der Waals surface area (Å²) in [7, 11) is 0. The minimum absolute atomic E-state index is 1.05. The molecule has 0 radical (unpaired) electrons. The Labute approximate surface area is 411 Å². The summed E-state index contributed by atoms with van der Waals surface area (Å²) in [6.45, 7) is 0. The molecule has 5 nitrogen and oxygen atoms in total. The summed E-state index contributed by atoms with van der Waals surface area (Å²) in [6, 6.07) is 98.7. The van der Waals surface area contributed by atoms with Gasteiger partial charge in [-0.15, -0.1) is 0 Å². The van der Waals surface area contributed by atoms with Crippen molar-refractivity contribution in [3.05, 3.63) is 273 Å². The molecule has 5 heteroatoms. The van der Waals surface area contributed by atoms with Gasteiger partial charge in [-0.3, -0.25) is 0 Å². The van der Waals surface area contributed by atoms with E-state index in [9.17, 15) is 0 Å². The van der Waals surface area contributed by atoms with Gasteiger partial charge in [-0.2, -0.15) is 0 Å². The molecule has 0 fully saturated rings. The number of para-hydroxylation sites is 7. The van der Waals surface area contributed by atoms with Crippen LogP contribution in [0.15, 0.2) is 273 Å². The number of fused-ring (bicyclic) bond motifs is 9. The SMILES string of the molecule is c1ccc(N(c2ccc(N(c3ccc(-n4c5ccccc5c5ccccc54)cc3)c3ccc(-n4c5ccccc5c5ccccc54)cc3)cc2)c2ccc(-n3c4ccccc4c4ccccc43)cc2)cc1. The summed E-state index contributed by atoms with van der Waals surface area (Å²) in [5.74, 6) is 0. The van der Waals surface area contributed by atoms with Gasteiger partial charge >= 0.3 is 0 Å². The third-order valence-corrected chi connectivity index (χ3v) is 14.2. The normalized spacial score (nSPS) is 11.7. The van der Waals surface area contributed by atoms with Crippen LogP contribution in [-0.2, 0) is 0 Å². The molecule has 0 aliphatic carbocycles. The van der Waals surface area contributed by atoms with Gasteiger partial charge in [-0.05, 0) is 146 Å². The highest BCUT2D eigenvalue weighted by molar-refractivity contribution is 6.11. The van der Waals surface area contributed by atoms with Gasteiger partial charge in [-0.25, -0.2) is 0 Å². The van der Waals surface area contributed by atoms with Gasteiger partial charge in [0.1, 0.15) is 0 Å². The van der Waals surface area contributed by atoms with Gasteiger partial charge in [-0.1, -0.05) is 127 Å². The predicted molar refractivity (Wildman–Crippen MR) is 299 cm³/mol. The van der Waals surface area contributed by atoms with Crippen molar-refractivity contribution >= 4 is 99.5 Å². The molecule has 334 valence electrons. The van der Waals surface area contributed by atoms with E-state index in [0.717, 1.165) is 51.2 Å². The van der Waals surface area contributed by atoms with Gasteiger partial charge in [0.05, 0.1) is 33.1 Å². The molecular weight excluding hydrogens is 863 g/mol. The zero-order chi connectivity index (χ0) is 46.8. The molecule has 0 aliphatic heterocycles. The molecule has 0 saturated carbocycles. The molecule has 14 rings (SSSR count). The van der Waals surface area contributed by atoms with E-state index in [-0.39, 0.29) is 0 Å². The number of nitrogens with zero attached hydrogens (tertiary/aromatic N) is 5. The molecule has 0 amide bonds. The van der Waals surface area contributed by atoms with Crippen LogP contribution < -0.4 is 9.80 Å². The van der Waals surface area contributed by atoms with Crippen LogP contribution >= 0.6 is 0 Å². The number of hydrogen-bond acceptors (Lipinski definition) is 2. The highest BCUT2D eigenvalue weighted by Gasteiger charge is 2.20. The second kappa shape index (κ2) is 16.6. The van der Waals surface area contributed by atoms with Gasteiger partial charge in [0, 0.05) is 83.5 Å². The van der Waals surface area contributed by atoms with Crippen molar-refractivity contribution in [2.45, 2.75) is 0 Å². The first-order valence-electron chi connectivity index (χ1n) is 24.3. The predicted octanol–water partition coefficient (Wildman–Crippen LogP) is 17.9. The fraction of sp³-hybridized carbons (Fsp3) is 0. The first-order chi connectivity index (χ1) is 35.2. The van der Waals surface area contributed by atoms with Crippen LogP contribution in [0.3, 0.4) is 0 Å². The van der Waals surface area contributed by atoms with Gasteiger partial charge in [0.15, 0.2) is 0 Å². The van der Waals surface area contributed by atoms with Crippen molar-refractivity contribution in [1.82, 2.24) is 13.7 Å². The van der Waals surface area contributed by atoms with Crippen LogP contribution in [0.1, 0.15) is 0 Å². The summed E-state index contributed by atoms with van der Waals surface area (Å²) in [6.07, 6.45) is 0. The molecule has 14 aromatic rings. The average Bonchev–Trinajstić information content (AvgIpc) is 4.09. The van der Waals surface area contributed by atoms with E-state index in [1.165, 1.54) is 65.4 Å². The molecule has 0 spiro atoms. The Morgan fingerprint density at radius 2 is 0.352 bits per heavy atom. The lowest BCUT2D eigenvalue weighted by atomic mass is 10.1. The summed E-state index contributed by atoms with van der Waals surface area (Å²) >= 11 is 0. The van der Waals surface area contributed by atoms with E-state index in [0.29, 0.717) is 0 Å². The first kappa shape index (κ1) is 40.5. The molecule has 71 heavy (non-hydrogen) atoms.